The van der Waals surface area contributed by atoms with E-state index in [0.29, 0.717) is 11.4 Å². The van der Waals surface area contributed by atoms with Crippen molar-refractivity contribution in [3.63, 3.8) is 0 Å². The van der Waals surface area contributed by atoms with Crippen LogP contribution in [0.3, 0.4) is 0 Å². The molecule has 1 heterocycles. The molecule has 1 aliphatic rings. The predicted octanol–water partition coefficient (Wildman–Crippen LogP) is 2.65. The summed E-state index contributed by atoms with van der Waals surface area (Å²) >= 11 is 0. The van der Waals surface area contributed by atoms with Gasteiger partial charge in [0.05, 0.1) is 5.69 Å². The zero-order chi connectivity index (χ0) is 18.0. The number of carbonyl (C=O) groups is 3. The van der Waals surface area contributed by atoms with Gasteiger partial charge in [0.25, 0.3) is 5.91 Å². The molecule has 1 fully saturated rings. The number of nitrogens with zero attached hydrogens (tertiary/aromatic N) is 1. The van der Waals surface area contributed by atoms with Crippen LogP contribution in [0.5, 0.6) is 0 Å². The van der Waals surface area contributed by atoms with E-state index in [1.807, 2.05) is 0 Å². The number of benzene rings is 2. The monoisotopic (exact) mass is 339 g/mol. The van der Waals surface area contributed by atoms with Crippen LogP contribution in [0.15, 0.2) is 66.9 Å². The maximum Gasteiger partial charge on any atom is 0.335 e. The van der Waals surface area contributed by atoms with Gasteiger partial charge >= 0.3 is 6.03 Å². The second kappa shape index (κ2) is 6.56. The second-order valence-corrected chi connectivity index (χ2v) is 5.39. The van der Waals surface area contributed by atoms with Crippen LogP contribution in [0.1, 0.15) is 0 Å². The molecule has 2 aromatic rings. The second-order valence-electron chi connectivity index (χ2n) is 5.39. The Morgan fingerprint density at radius 3 is 2.32 bits per heavy atom. The maximum absolute atomic E-state index is 13.0. The molecule has 7 heteroatoms. The number of halogens is 1. The van der Waals surface area contributed by atoms with Gasteiger partial charge in [-0.05, 0) is 36.4 Å². The number of barbiturate groups is 1. The number of carbonyl (C=O) groups excluding carboxylic acids is 3. The first kappa shape index (κ1) is 16.4. The molecule has 0 unspecified atom stereocenters. The van der Waals surface area contributed by atoms with Gasteiger partial charge in [-0.2, -0.15) is 0 Å². The van der Waals surface area contributed by atoms with Gasteiger partial charge in [-0.3, -0.25) is 14.9 Å². The first-order valence-corrected chi connectivity index (χ1v) is 7.42. The quantitative estimate of drug-likeness (QED) is 0.840. The summed E-state index contributed by atoms with van der Waals surface area (Å²) in [4.78, 5) is 37.8. The molecule has 2 aromatic carbocycles. The van der Waals surface area contributed by atoms with E-state index < -0.39 is 29.6 Å². The van der Waals surface area contributed by atoms with Gasteiger partial charge in [0.2, 0.25) is 5.91 Å². The number of anilines is 2. The third kappa shape index (κ3) is 3.25. The topological polar surface area (TPSA) is 78.5 Å². The van der Waals surface area contributed by atoms with Gasteiger partial charge < -0.3 is 5.32 Å². The lowest BCUT2D eigenvalue weighted by Crippen LogP contribution is -2.59. The van der Waals surface area contributed by atoms with Crippen LogP contribution in [-0.4, -0.2) is 17.8 Å². The number of amides is 4. The van der Waals surface area contributed by atoms with Crippen molar-refractivity contribution in [2.75, 3.05) is 10.2 Å². The molecule has 25 heavy (non-hydrogen) atoms. The minimum atomic E-state index is -1.29. The molecule has 1 atom stereocenters. The smallest absolute Gasteiger partial charge is 0.335 e. The largest absolute Gasteiger partial charge is 0.358 e. The predicted molar refractivity (Wildman–Crippen MR) is 90.1 cm³/mol. The van der Waals surface area contributed by atoms with Crippen LogP contribution >= 0.6 is 0 Å². The molecule has 6 nitrogen and oxygen atoms in total. The van der Waals surface area contributed by atoms with E-state index in [1.165, 1.54) is 24.3 Å². The fourth-order valence-electron chi connectivity index (χ4n) is 2.49. The van der Waals surface area contributed by atoms with E-state index in [2.05, 4.69) is 17.2 Å². The first-order valence-electron chi connectivity index (χ1n) is 7.42. The average Bonchev–Trinajstić information content (AvgIpc) is 2.57. The Morgan fingerprint density at radius 2 is 1.68 bits per heavy atom. The molecule has 0 radical (unpaired) electrons. The van der Waals surface area contributed by atoms with Gasteiger partial charge in [0.1, 0.15) is 5.82 Å². The zero-order valence-electron chi connectivity index (χ0n) is 13.0. The highest BCUT2D eigenvalue weighted by atomic mass is 19.1. The molecule has 4 amide bonds. The van der Waals surface area contributed by atoms with Crippen LogP contribution < -0.4 is 15.5 Å². The fraction of sp³-hybridized carbons (Fsp3) is 0.0556. The lowest BCUT2D eigenvalue weighted by atomic mass is 10.0. The van der Waals surface area contributed by atoms with Crippen molar-refractivity contribution in [3.8, 4) is 0 Å². The molecule has 2 N–H and O–H groups in total. The number of imide groups is 2. The van der Waals surface area contributed by atoms with E-state index in [-0.39, 0.29) is 5.70 Å². The first-order chi connectivity index (χ1) is 12.0. The Kier molecular flexibility index (Phi) is 4.30. The summed E-state index contributed by atoms with van der Waals surface area (Å²) in [6.45, 7) is 3.73. The lowest BCUT2D eigenvalue weighted by Gasteiger charge is -2.31. The normalized spacial score (nSPS) is 17.2. The van der Waals surface area contributed by atoms with E-state index in [4.69, 9.17) is 0 Å². The van der Waals surface area contributed by atoms with Gasteiger partial charge in [-0.1, -0.05) is 24.8 Å². The molecule has 0 aliphatic carbocycles. The van der Waals surface area contributed by atoms with E-state index >= 15 is 0 Å². The van der Waals surface area contributed by atoms with Crippen LogP contribution in [0.4, 0.5) is 20.6 Å². The molecular formula is C18H14FN3O3. The van der Waals surface area contributed by atoms with Crippen LogP contribution in [-0.2, 0) is 9.59 Å². The number of rotatable bonds is 4. The molecule has 1 saturated heterocycles. The van der Waals surface area contributed by atoms with Crippen LogP contribution in [0.2, 0.25) is 0 Å². The highest BCUT2D eigenvalue weighted by Gasteiger charge is 2.42. The SMILES string of the molecule is C=C(Nc1ccc(F)cc1)[C@H]1C(=O)NC(=O)N(c2ccccc2)C1=O. The molecule has 0 aromatic heterocycles. The molecule has 0 spiro atoms. The Hall–Kier alpha value is -3.48. The van der Waals surface area contributed by atoms with Crippen LogP contribution in [0.25, 0.3) is 0 Å². The van der Waals surface area contributed by atoms with Crippen molar-refractivity contribution in [2.24, 2.45) is 5.92 Å². The standard InChI is InChI=1S/C18H14FN3O3/c1-11(20-13-9-7-12(19)8-10-13)15-16(23)21-18(25)22(17(15)24)14-5-3-2-4-6-14/h2-10,15,20H,1H2,(H,21,23,25)/t15-/m0/s1. The Labute approximate surface area is 142 Å². The minimum absolute atomic E-state index is 0.0857. The highest BCUT2D eigenvalue weighted by molar-refractivity contribution is 6.28. The summed E-state index contributed by atoms with van der Waals surface area (Å²) in [5, 5.41) is 4.96. The van der Waals surface area contributed by atoms with E-state index in [1.54, 1.807) is 30.3 Å². The molecule has 3 rings (SSSR count). The Morgan fingerprint density at radius 1 is 1.04 bits per heavy atom. The summed E-state index contributed by atoms with van der Waals surface area (Å²) in [5.41, 5.74) is 0.898. The molecule has 0 saturated carbocycles. The number of para-hydroxylation sites is 1. The molecule has 1 aliphatic heterocycles. The van der Waals surface area contributed by atoms with E-state index in [9.17, 15) is 18.8 Å². The van der Waals surface area contributed by atoms with Gasteiger partial charge in [0, 0.05) is 11.4 Å². The van der Waals surface area contributed by atoms with Gasteiger partial charge in [0.15, 0.2) is 5.92 Å². The Bertz CT molecular complexity index is 850. The number of hydrogen-bond donors (Lipinski definition) is 2. The maximum atomic E-state index is 13.0. The summed E-state index contributed by atoms with van der Waals surface area (Å²) in [6.07, 6.45) is 0. The number of nitrogens with one attached hydrogen (secondary N) is 2. The number of urea groups is 1. The summed E-state index contributed by atoms with van der Waals surface area (Å²) < 4.78 is 13.0. The summed E-state index contributed by atoms with van der Waals surface area (Å²) in [7, 11) is 0. The van der Waals surface area contributed by atoms with Crippen molar-refractivity contribution in [2.45, 2.75) is 0 Å². The van der Waals surface area contributed by atoms with E-state index in [0.717, 1.165) is 4.90 Å². The highest BCUT2D eigenvalue weighted by Crippen LogP contribution is 2.24. The van der Waals surface area contributed by atoms with Crippen molar-refractivity contribution in [1.29, 1.82) is 0 Å². The molecule has 126 valence electrons. The van der Waals surface area contributed by atoms with Crippen molar-refractivity contribution in [3.05, 3.63) is 72.7 Å². The summed E-state index contributed by atoms with van der Waals surface area (Å²) in [5.74, 6) is -3.17. The Balaban J connectivity index is 1.85. The van der Waals surface area contributed by atoms with Gasteiger partial charge in [-0.15, -0.1) is 0 Å². The van der Waals surface area contributed by atoms with Crippen molar-refractivity contribution in [1.82, 2.24) is 5.32 Å². The third-order valence-corrected chi connectivity index (χ3v) is 3.67. The lowest BCUT2D eigenvalue weighted by molar-refractivity contribution is -0.132. The van der Waals surface area contributed by atoms with Crippen molar-refractivity contribution >= 4 is 29.2 Å². The third-order valence-electron chi connectivity index (χ3n) is 3.67. The van der Waals surface area contributed by atoms with Crippen LogP contribution in [0, 0.1) is 11.7 Å². The zero-order valence-corrected chi connectivity index (χ0v) is 13.0. The fourth-order valence-corrected chi connectivity index (χ4v) is 2.49. The average molecular weight is 339 g/mol. The summed E-state index contributed by atoms with van der Waals surface area (Å²) in [6, 6.07) is 12.8. The van der Waals surface area contributed by atoms with Gasteiger partial charge in [-0.25, -0.2) is 14.1 Å². The molecule has 0 bridgehead atoms. The minimum Gasteiger partial charge on any atom is -0.358 e. The van der Waals surface area contributed by atoms with Crippen molar-refractivity contribution < 1.29 is 18.8 Å². The molecular weight excluding hydrogens is 325 g/mol. The number of hydrogen-bond acceptors (Lipinski definition) is 4.